The summed E-state index contributed by atoms with van der Waals surface area (Å²) in [4.78, 5) is 16.1. The maximum Gasteiger partial charge on any atom is 0.307 e. The molecular weight excluding hydrogens is 278 g/mol. The van der Waals surface area contributed by atoms with Crippen LogP contribution in [0.15, 0.2) is 28.6 Å². The van der Waals surface area contributed by atoms with Crippen LogP contribution in [0.2, 0.25) is 0 Å². The Morgan fingerprint density at radius 3 is 2.79 bits per heavy atom. The van der Waals surface area contributed by atoms with Crippen molar-refractivity contribution in [3.63, 3.8) is 0 Å². The first-order chi connectivity index (χ1) is 8.94. The number of esters is 1. The maximum absolute atomic E-state index is 11.6. The van der Waals surface area contributed by atoms with Crippen molar-refractivity contribution in [2.24, 2.45) is 0 Å². The first-order valence-corrected chi connectivity index (χ1v) is 7.94. The zero-order valence-corrected chi connectivity index (χ0v) is 12.9. The van der Waals surface area contributed by atoms with E-state index < -0.39 is 5.60 Å². The fourth-order valence-corrected chi connectivity index (χ4v) is 3.59. The Balaban J connectivity index is 1.84. The second kappa shape index (κ2) is 5.92. The van der Waals surface area contributed by atoms with Gasteiger partial charge in [-0.25, -0.2) is 4.98 Å². The Labute approximate surface area is 121 Å². The number of aromatic nitrogens is 1. The molecule has 1 aromatic heterocycles. The molecule has 3 nitrogen and oxygen atoms in total. The number of carbonyl (C=O) groups excluding carboxylic acids is 1. The van der Waals surface area contributed by atoms with Gasteiger partial charge in [0.1, 0.15) is 5.60 Å². The lowest BCUT2D eigenvalue weighted by Gasteiger charge is -2.19. The highest BCUT2D eigenvalue weighted by atomic mass is 32.2. The summed E-state index contributed by atoms with van der Waals surface area (Å²) in [7, 11) is 0. The van der Waals surface area contributed by atoms with Crippen LogP contribution in [0.4, 0.5) is 0 Å². The maximum atomic E-state index is 11.6. The molecule has 0 N–H and O–H groups in total. The number of para-hydroxylation sites is 1. The van der Waals surface area contributed by atoms with Crippen LogP contribution < -0.4 is 0 Å². The van der Waals surface area contributed by atoms with Crippen LogP contribution in [0.25, 0.3) is 10.2 Å². The van der Waals surface area contributed by atoms with Gasteiger partial charge < -0.3 is 4.74 Å². The third kappa shape index (κ3) is 4.51. The molecule has 0 aliphatic rings. The van der Waals surface area contributed by atoms with Gasteiger partial charge in [0.25, 0.3) is 0 Å². The molecule has 0 saturated carbocycles. The highest BCUT2D eigenvalue weighted by molar-refractivity contribution is 8.01. The summed E-state index contributed by atoms with van der Waals surface area (Å²) in [5, 5.41) is 0. The Morgan fingerprint density at radius 1 is 1.37 bits per heavy atom. The van der Waals surface area contributed by atoms with E-state index in [1.165, 1.54) is 4.70 Å². The molecule has 0 amide bonds. The molecule has 2 aromatic rings. The molecule has 0 aliphatic heterocycles. The van der Waals surface area contributed by atoms with Crippen molar-refractivity contribution in [2.75, 3.05) is 5.75 Å². The second-order valence-electron chi connectivity index (χ2n) is 5.13. The fraction of sp³-hybridized carbons (Fsp3) is 0.429. The van der Waals surface area contributed by atoms with E-state index in [4.69, 9.17) is 4.74 Å². The van der Waals surface area contributed by atoms with Gasteiger partial charge in [-0.1, -0.05) is 23.9 Å². The van der Waals surface area contributed by atoms with Gasteiger partial charge in [-0.3, -0.25) is 4.79 Å². The van der Waals surface area contributed by atoms with Gasteiger partial charge in [0.2, 0.25) is 0 Å². The van der Waals surface area contributed by atoms with Crippen LogP contribution in [-0.4, -0.2) is 22.3 Å². The molecule has 1 heterocycles. The molecule has 0 saturated heterocycles. The largest absolute Gasteiger partial charge is 0.460 e. The van der Waals surface area contributed by atoms with E-state index >= 15 is 0 Å². The molecule has 1 aromatic carbocycles. The number of hydrogen-bond acceptors (Lipinski definition) is 5. The van der Waals surface area contributed by atoms with Crippen LogP contribution in [0.1, 0.15) is 27.2 Å². The number of ether oxygens (including phenoxy) is 1. The van der Waals surface area contributed by atoms with Gasteiger partial charge in [-0.2, -0.15) is 0 Å². The number of rotatable bonds is 4. The first-order valence-electron chi connectivity index (χ1n) is 6.14. The van der Waals surface area contributed by atoms with Gasteiger partial charge in [0, 0.05) is 5.75 Å². The highest BCUT2D eigenvalue weighted by Crippen LogP contribution is 2.29. The minimum atomic E-state index is -0.405. The van der Waals surface area contributed by atoms with Crippen LogP contribution in [-0.2, 0) is 9.53 Å². The van der Waals surface area contributed by atoms with E-state index in [9.17, 15) is 4.79 Å². The molecule has 5 heteroatoms. The molecule has 0 spiro atoms. The summed E-state index contributed by atoms with van der Waals surface area (Å²) in [5.74, 6) is 0.551. The standard InChI is InChI=1S/C14H17NO2S2/c1-14(2,3)17-12(16)8-9-18-13-15-10-6-4-5-7-11(10)19-13/h4-7H,8-9H2,1-3H3. The van der Waals surface area contributed by atoms with Crippen molar-refractivity contribution in [3.05, 3.63) is 24.3 Å². The monoisotopic (exact) mass is 295 g/mol. The summed E-state index contributed by atoms with van der Waals surface area (Å²) in [6.07, 6.45) is 0.415. The molecule has 0 bridgehead atoms. The van der Waals surface area contributed by atoms with Gasteiger partial charge in [0.15, 0.2) is 4.34 Å². The van der Waals surface area contributed by atoms with Crippen molar-refractivity contribution >= 4 is 39.3 Å². The summed E-state index contributed by atoms with van der Waals surface area (Å²) in [5.41, 5.74) is 0.615. The van der Waals surface area contributed by atoms with Gasteiger partial charge in [0.05, 0.1) is 16.6 Å². The van der Waals surface area contributed by atoms with Crippen LogP contribution >= 0.6 is 23.1 Å². The SMILES string of the molecule is CC(C)(C)OC(=O)CCSc1nc2ccccc2s1. The molecule has 102 valence electrons. The number of fused-ring (bicyclic) bond motifs is 1. The number of nitrogens with zero attached hydrogens (tertiary/aromatic N) is 1. The third-order valence-electron chi connectivity index (χ3n) is 2.23. The zero-order valence-electron chi connectivity index (χ0n) is 11.3. The third-order valence-corrected chi connectivity index (χ3v) is 4.41. The van der Waals surface area contributed by atoms with E-state index in [2.05, 4.69) is 11.1 Å². The van der Waals surface area contributed by atoms with Crippen molar-refractivity contribution in [1.29, 1.82) is 0 Å². The topological polar surface area (TPSA) is 39.2 Å². The lowest BCUT2D eigenvalue weighted by molar-refractivity contribution is -0.154. The van der Waals surface area contributed by atoms with Crippen molar-refractivity contribution in [1.82, 2.24) is 4.98 Å². The van der Waals surface area contributed by atoms with Crippen LogP contribution in [0, 0.1) is 0 Å². The van der Waals surface area contributed by atoms with E-state index in [0.717, 1.165) is 9.86 Å². The van der Waals surface area contributed by atoms with Crippen LogP contribution in [0.5, 0.6) is 0 Å². The fourth-order valence-electron chi connectivity index (χ4n) is 1.53. The summed E-state index contributed by atoms with van der Waals surface area (Å²) < 4.78 is 7.45. The first kappa shape index (κ1) is 14.3. The number of carbonyl (C=O) groups is 1. The van der Waals surface area contributed by atoms with Gasteiger partial charge >= 0.3 is 5.97 Å². The van der Waals surface area contributed by atoms with E-state index in [-0.39, 0.29) is 5.97 Å². The lowest BCUT2D eigenvalue weighted by Crippen LogP contribution is -2.23. The molecule has 0 aliphatic carbocycles. The zero-order chi connectivity index (χ0) is 13.9. The summed E-state index contributed by atoms with van der Waals surface area (Å²) >= 11 is 3.27. The van der Waals surface area contributed by atoms with Crippen molar-refractivity contribution in [2.45, 2.75) is 37.1 Å². The quantitative estimate of drug-likeness (QED) is 0.628. The number of thiazole rings is 1. The Hall–Kier alpha value is -1.07. The summed E-state index contributed by atoms with van der Waals surface area (Å²) in [6, 6.07) is 8.06. The molecule has 0 atom stereocenters. The minimum absolute atomic E-state index is 0.152. The Morgan fingerprint density at radius 2 is 2.11 bits per heavy atom. The van der Waals surface area contributed by atoms with E-state index in [0.29, 0.717) is 12.2 Å². The van der Waals surface area contributed by atoms with E-state index in [1.807, 2.05) is 39.0 Å². The molecule has 0 radical (unpaired) electrons. The Kier molecular flexibility index (Phi) is 4.47. The normalized spacial score (nSPS) is 11.7. The summed E-state index contributed by atoms with van der Waals surface area (Å²) in [6.45, 7) is 5.64. The predicted octanol–water partition coefficient (Wildman–Crippen LogP) is 4.12. The van der Waals surface area contributed by atoms with Crippen LogP contribution in [0.3, 0.4) is 0 Å². The van der Waals surface area contributed by atoms with Gasteiger partial charge in [-0.15, -0.1) is 11.3 Å². The molecule has 19 heavy (non-hydrogen) atoms. The molecular formula is C14H17NO2S2. The average molecular weight is 295 g/mol. The van der Waals surface area contributed by atoms with Crippen molar-refractivity contribution < 1.29 is 9.53 Å². The second-order valence-corrected chi connectivity index (χ2v) is 7.51. The van der Waals surface area contributed by atoms with Crippen molar-refractivity contribution in [3.8, 4) is 0 Å². The number of benzene rings is 1. The smallest absolute Gasteiger partial charge is 0.307 e. The molecule has 0 unspecified atom stereocenters. The minimum Gasteiger partial charge on any atom is -0.460 e. The Bertz CT molecular complexity index is 539. The number of hydrogen-bond donors (Lipinski definition) is 0. The predicted molar refractivity (Wildman–Crippen MR) is 80.8 cm³/mol. The number of thioether (sulfide) groups is 1. The highest BCUT2D eigenvalue weighted by Gasteiger charge is 2.16. The molecule has 0 fully saturated rings. The lowest BCUT2D eigenvalue weighted by atomic mass is 10.2. The average Bonchev–Trinajstić information content (AvgIpc) is 2.68. The van der Waals surface area contributed by atoms with E-state index in [1.54, 1.807) is 23.1 Å². The van der Waals surface area contributed by atoms with Gasteiger partial charge in [-0.05, 0) is 32.9 Å². The molecule has 2 rings (SSSR count).